The van der Waals surface area contributed by atoms with Gasteiger partial charge in [-0.3, -0.25) is 14.3 Å². The van der Waals surface area contributed by atoms with Gasteiger partial charge >= 0.3 is 6.18 Å². The molecule has 4 heterocycles. The zero-order chi connectivity index (χ0) is 30.1. The lowest BCUT2D eigenvalue weighted by atomic mass is 9.97. The van der Waals surface area contributed by atoms with Crippen LogP contribution in [0.15, 0.2) is 72.7 Å². The number of aromatic amines is 1. The lowest BCUT2D eigenvalue weighted by Gasteiger charge is -2.33. The summed E-state index contributed by atoms with van der Waals surface area (Å²) >= 11 is 0. The molecule has 43 heavy (non-hydrogen) atoms. The summed E-state index contributed by atoms with van der Waals surface area (Å²) in [7, 11) is 2.00. The number of alkyl halides is 3. The van der Waals surface area contributed by atoms with Gasteiger partial charge in [-0.25, -0.2) is 15.0 Å². The summed E-state index contributed by atoms with van der Waals surface area (Å²) in [6.45, 7) is 5.22. The van der Waals surface area contributed by atoms with E-state index in [2.05, 4.69) is 35.5 Å². The molecule has 1 amide bonds. The van der Waals surface area contributed by atoms with E-state index in [9.17, 15) is 18.0 Å². The van der Waals surface area contributed by atoms with Crippen LogP contribution in [0.2, 0.25) is 0 Å². The Balaban J connectivity index is 1.19. The van der Waals surface area contributed by atoms with E-state index in [0.717, 1.165) is 30.2 Å². The number of nitrogens with zero attached hydrogens (tertiary/aromatic N) is 6. The molecule has 1 atom stereocenters. The van der Waals surface area contributed by atoms with Crippen molar-refractivity contribution in [2.75, 3.05) is 38.5 Å². The molecule has 10 nitrogen and oxygen atoms in total. The number of likely N-dealkylation sites (N-methyl/N-ethyl adjacent to an activating group) is 1. The number of halogens is 3. The number of benzene rings is 1. The number of hydrogen-bond donors (Lipinski definition) is 3. The molecule has 1 aromatic carbocycles. The molecule has 1 saturated heterocycles. The second-order valence-corrected chi connectivity index (χ2v) is 11.0. The van der Waals surface area contributed by atoms with Crippen molar-refractivity contribution in [3.63, 3.8) is 0 Å². The molecule has 3 N–H and O–H groups in total. The van der Waals surface area contributed by atoms with Gasteiger partial charge in [0.15, 0.2) is 5.82 Å². The maximum absolute atomic E-state index is 14.1. The highest BCUT2D eigenvalue weighted by Gasteiger charge is 2.35. The first-order valence-electron chi connectivity index (χ1n) is 14.1. The van der Waals surface area contributed by atoms with Gasteiger partial charge in [-0.05, 0) is 49.2 Å². The van der Waals surface area contributed by atoms with E-state index in [0.29, 0.717) is 42.6 Å². The van der Waals surface area contributed by atoms with Crippen LogP contribution >= 0.6 is 0 Å². The van der Waals surface area contributed by atoms with Crippen molar-refractivity contribution in [2.45, 2.75) is 26.1 Å². The maximum Gasteiger partial charge on any atom is 0.416 e. The van der Waals surface area contributed by atoms with Crippen LogP contribution in [0.5, 0.6) is 0 Å². The first-order valence-corrected chi connectivity index (χ1v) is 14.1. The third-order valence-electron chi connectivity index (χ3n) is 7.92. The highest BCUT2D eigenvalue weighted by atomic mass is 19.4. The van der Waals surface area contributed by atoms with Crippen molar-refractivity contribution < 1.29 is 18.0 Å². The Morgan fingerprint density at radius 2 is 1.93 bits per heavy atom. The summed E-state index contributed by atoms with van der Waals surface area (Å²) in [6, 6.07) is 5.72. The average molecular weight is 592 g/mol. The monoisotopic (exact) mass is 591 g/mol. The number of anilines is 1. The summed E-state index contributed by atoms with van der Waals surface area (Å²) in [5.41, 5.74) is 1.32. The van der Waals surface area contributed by atoms with Gasteiger partial charge in [0.05, 0.1) is 10.9 Å². The number of piperazine rings is 1. The number of allylic oxidation sites excluding steroid dienone is 3. The highest BCUT2D eigenvalue weighted by molar-refractivity contribution is 5.96. The molecule has 0 saturated carbocycles. The molecule has 0 radical (unpaired) electrons. The molecular weight excluding hydrogens is 559 g/mol. The smallest absolute Gasteiger partial charge is 0.346 e. The molecule has 1 aliphatic carbocycles. The summed E-state index contributed by atoms with van der Waals surface area (Å²) < 4.78 is 44.0. The van der Waals surface area contributed by atoms with Gasteiger partial charge in [0, 0.05) is 68.3 Å². The zero-order valence-electron chi connectivity index (χ0n) is 23.8. The van der Waals surface area contributed by atoms with Gasteiger partial charge in [-0.1, -0.05) is 19.1 Å². The maximum atomic E-state index is 14.1. The lowest BCUT2D eigenvalue weighted by molar-refractivity contribution is -0.138. The van der Waals surface area contributed by atoms with Gasteiger partial charge in [0.25, 0.3) is 5.91 Å². The van der Waals surface area contributed by atoms with Crippen molar-refractivity contribution >= 4 is 22.9 Å². The SMILES string of the molecule is CC1CC=C(NC(=O)c2ccc(CN3CCN(C)CC3)c(C(F)(F)F)c2)C=C1Nc1nccn1-c1ncnc2[nH]ccc12. The number of imidazole rings is 1. The highest BCUT2D eigenvalue weighted by Crippen LogP contribution is 2.34. The minimum absolute atomic E-state index is 0.0493. The Labute approximate surface area is 246 Å². The Morgan fingerprint density at radius 1 is 1.12 bits per heavy atom. The quantitative estimate of drug-likeness (QED) is 0.289. The van der Waals surface area contributed by atoms with Crippen LogP contribution in [-0.2, 0) is 12.7 Å². The first kappa shape index (κ1) is 28.6. The third-order valence-corrected chi connectivity index (χ3v) is 7.92. The fourth-order valence-corrected chi connectivity index (χ4v) is 5.36. The van der Waals surface area contributed by atoms with E-state index in [1.54, 1.807) is 24.7 Å². The molecule has 1 unspecified atom stereocenters. The topological polar surface area (TPSA) is 107 Å². The van der Waals surface area contributed by atoms with Crippen LogP contribution < -0.4 is 10.6 Å². The molecule has 3 aromatic heterocycles. The lowest BCUT2D eigenvalue weighted by Crippen LogP contribution is -2.44. The van der Waals surface area contributed by atoms with Crippen molar-refractivity contribution in [1.82, 2.24) is 39.6 Å². The van der Waals surface area contributed by atoms with E-state index in [1.165, 1.54) is 18.5 Å². The van der Waals surface area contributed by atoms with Crippen molar-refractivity contribution in [3.8, 4) is 5.82 Å². The summed E-state index contributed by atoms with van der Waals surface area (Å²) in [6.07, 6.45) is 6.38. The molecule has 4 aromatic rings. The van der Waals surface area contributed by atoms with Crippen LogP contribution in [-0.4, -0.2) is 73.4 Å². The van der Waals surface area contributed by atoms with Gasteiger partial charge < -0.3 is 20.5 Å². The predicted molar refractivity (Wildman–Crippen MR) is 156 cm³/mol. The van der Waals surface area contributed by atoms with E-state index in [1.807, 2.05) is 35.6 Å². The van der Waals surface area contributed by atoms with Crippen LogP contribution in [0, 0.1) is 5.92 Å². The summed E-state index contributed by atoms with van der Waals surface area (Å²) in [5.74, 6) is 0.646. The van der Waals surface area contributed by atoms with Crippen LogP contribution in [0.3, 0.4) is 0 Å². The van der Waals surface area contributed by atoms with Gasteiger partial charge in [-0.2, -0.15) is 13.2 Å². The number of hydrogen-bond acceptors (Lipinski definition) is 7. The number of carbonyl (C=O) groups excluding carboxylic acids is 1. The Hall–Kier alpha value is -4.49. The Kier molecular flexibility index (Phi) is 7.75. The average Bonchev–Trinajstić information content (AvgIpc) is 3.65. The molecule has 6 rings (SSSR count). The molecule has 1 aliphatic heterocycles. The molecule has 0 bridgehead atoms. The fraction of sp³-hybridized carbons (Fsp3) is 0.333. The van der Waals surface area contributed by atoms with E-state index in [-0.39, 0.29) is 23.6 Å². The van der Waals surface area contributed by atoms with Gasteiger partial charge in [0.2, 0.25) is 5.95 Å². The minimum atomic E-state index is -4.58. The second kappa shape index (κ2) is 11.7. The zero-order valence-corrected chi connectivity index (χ0v) is 23.8. The summed E-state index contributed by atoms with van der Waals surface area (Å²) in [5, 5.41) is 6.97. The number of aromatic nitrogens is 5. The normalized spacial score (nSPS) is 18.4. The third kappa shape index (κ3) is 6.18. The van der Waals surface area contributed by atoms with Gasteiger partial charge in [-0.15, -0.1) is 0 Å². The van der Waals surface area contributed by atoms with Gasteiger partial charge in [0.1, 0.15) is 12.0 Å². The van der Waals surface area contributed by atoms with Crippen LogP contribution in [0.4, 0.5) is 19.1 Å². The molecular formula is C30H32F3N9O. The van der Waals surface area contributed by atoms with E-state index < -0.39 is 17.6 Å². The van der Waals surface area contributed by atoms with E-state index in [4.69, 9.17) is 0 Å². The number of rotatable bonds is 7. The number of amides is 1. The number of nitrogens with one attached hydrogen (secondary N) is 3. The first-order chi connectivity index (χ1) is 20.7. The molecule has 13 heteroatoms. The van der Waals surface area contributed by atoms with Crippen molar-refractivity contribution in [3.05, 3.63) is 89.4 Å². The fourth-order valence-electron chi connectivity index (χ4n) is 5.36. The van der Waals surface area contributed by atoms with Crippen molar-refractivity contribution in [1.29, 1.82) is 0 Å². The second-order valence-electron chi connectivity index (χ2n) is 11.0. The number of H-pyrrole nitrogens is 1. The van der Waals surface area contributed by atoms with Crippen molar-refractivity contribution in [2.24, 2.45) is 5.92 Å². The Bertz CT molecular complexity index is 1700. The molecule has 224 valence electrons. The summed E-state index contributed by atoms with van der Waals surface area (Å²) in [4.78, 5) is 33.5. The number of carbonyl (C=O) groups is 1. The number of fused-ring (bicyclic) bond motifs is 1. The predicted octanol–water partition coefficient (Wildman–Crippen LogP) is 4.56. The van der Waals surface area contributed by atoms with Crippen LogP contribution in [0.25, 0.3) is 16.9 Å². The molecule has 2 aliphatic rings. The van der Waals surface area contributed by atoms with E-state index >= 15 is 0 Å². The standard InChI is InChI=1S/C30H32F3N9O/c1-19-3-6-22(16-25(19)39-29-35-9-10-42(29)27-23-7-8-34-26(23)36-18-37-27)38-28(43)20-4-5-21(24(15-20)30(31,32)33)17-41-13-11-40(2)12-14-41/h4-10,15-16,18-19H,3,11-14,17H2,1-2H3,(H,35,39)(H,38,43)(H,34,36,37). The Morgan fingerprint density at radius 3 is 2.72 bits per heavy atom. The van der Waals surface area contributed by atoms with Crippen LogP contribution in [0.1, 0.15) is 34.8 Å². The minimum Gasteiger partial charge on any atom is -0.346 e. The molecule has 0 spiro atoms. The largest absolute Gasteiger partial charge is 0.416 e. The molecule has 1 fully saturated rings.